The van der Waals surface area contributed by atoms with Crippen molar-refractivity contribution >= 4 is 0 Å². The van der Waals surface area contributed by atoms with E-state index in [0.717, 1.165) is 0 Å². The lowest BCUT2D eigenvalue weighted by Gasteiger charge is -1.96. The third kappa shape index (κ3) is 0.968. The lowest BCUT2D eigenvalue weighted by molar-refractivity contribution is 0.170. The van der Waals surface area contributed by atoms with Crippen LogP contribution in [0, 0.1) is 0 Å². The Bertz CT molecular complexity index is 76.5. The smallest absolute Gasteiger partial charge is 0.134 e. The van der Waals surface area contributed by atoms with E-state index < -0.39 is 18.4 Å². The highest BCUT2D eigenvalue weighted by atomic mass is 19.2. The van der Waals surface area contributed by atoms with Crippen LogP contribution in [-0.4, -0.2) is 23.6 Å². The monoisotopic (exact) mass is 122 g/mol. The Balaban J connectivity index is 2.39. The van der Waals surface area contributed by atoms with Crippen molar-refractivity contribution < 1.29 is 13.9 Å². The molecule has 1 aliphatic rings. The summed E-state index contributed by atoms with van der Waals surface area (Å²) in [6, 6.07) is 0. The largest absolute Gasteiger partial charge is 0.393 e. The molecule has 2 atom stereocenters. The van der Waals surface area contributed by atoms with Crippen molar-refractivity contribution in [3.8, 4) is 0 Å². The van der Waals surface area contributed by atoms with E-state index in [1.807, 2.05) is 0 Å². The van der Waals surface area contributed by atoms with Gasteiger partial charge in [-0.1, -0.05) is 0 Å². The number of aliphatic hydroxyl groups excluding tert-OH is 1. The van der Waals surface area contributed by atoms with Crippen LogP contribution in [0.4, 0.5) is 8.78 Å². The molecule has 1 N–H and O–H groups in total. The third-order valence-corrected chi connectivity index (χ3v) is 1.39. The van der Waals surface area contributed by atoms with E-state index in [0.29, 0.717) is 0 Å². The van der Waals surface area contributed by atoms with Gasteiger partial charge in [0.05, 0.1) is 6.10 Å². The molecule has 0 bridgehead atoms. The van der Waals surface area contributed by atoms with Crippen LogP contribution in [0.25, 0.3) is 0 Å². The molecule has 0 aliphatic heterocycles. The zero-order chi connectivity index (χ0) is 6.15. The number of rotatable bonds is 0. The van der Waals surface area contributed by atoms with Crippen LogP contribution in [0.1, 0.15) is 12.8 Å². The van der Waals surface area contributed by atoms with E-state index in [4.69, 9.17) is 5.11 Å². The van der Waals surface area contributed by atoms with Gasteiger partial charge < -0.3 is 5.11 Å². The van der Waals surface area contributed by atoms with Crippen molar-refractivity contribution in [3.63, 3.8) is 0 Å². The fourth-order valence-electron chi connectivity index (χ4n) is 0.911. The molecule has 0 aromatic carbocycles. The zero-order valence-electron chi connectivity index (χ0n) is 4.35. The fraction of sp³-hybridized carbons (Fsp3) is 1.00. The zero-order valence-corrected chi connectivity index (χ0v) is 4.35. The van der Waals surface area contributed by atoms with Crippen LogP contribution in [0.5, 0.6) is 0 Å². The van der Waals surface area contributed by atoms with Crippen LogP contribution in [0.2, 0.25) is 0 Å². The second-order valence-corrected chi connectivity index (χ2v) is 2.16. The molecule has 1 nitrogen and oxygen atoms in total. The van der Waals surface area contributed by atoms with Gasteiger partial charge in [0.2, 0.25) is 0 Å². The van der Waals surface area contributed by atoms with Crippen LogP contribution in [-0.2, 0) is 0 Å². The molecule has 0 heterocycles. The Morgan fingerprint density at radius 1 is 1.12 bits per heavy atom. The molecule has 48 valence electrons. The normalized spacial score (nSPS) is 47.6. The summed E-state index contributed by atoms with van der Waals surface area (Å²) in [5.41, 5.74) is 0. The molecule has 0 radical (unpaired) electrons. The SMILES string of the molecule is OC1CC(F)C(F)C1. The van der Waals surface area contributed by atoms with Gasteiger partial charge in [0.1, 0.15) is 12.3 Å². The summed E-state index contributed by atoms with van der Waals surface area (Å²) in [4.78, 5) is 0. The van der Waals surface area contributed by atoms with Gasteiger partial charge in [0.15, 0.2) is 0 Å². The van der Waals surface area contributed by atoms with Gasteiger partial charge in [-0.05, 0) is 0 Å². The Morgan fingerprint density at radius 2 is 1.50 bits per heavy atom. The first-order valence-corrected chi connectivity index (χ1v) is 2.66. The second-order valence-electron chi connectivity index (χ2n) is 2.16. The molecule has 0 saturated heterocycles. The van der Waals surface area contributed by atoms with Crippen molar-refractivity contribution in [2.75, 3.05) is 0 Å². The van der Waals surface area contributed by atoms with E-state index in [1.165, 1.54) is 0 Å². The number of alkyl halides is 2. The van der Waals surface area contributed by atoms with Gasteiger partial charge in [0, 0.05) is 12.8 Å². The van der Waals surface area contributed by atoms with Crippen LogP contribution >= 0.6 is 0 Å². The molecule has 2 unspecified atom stereocenters. The molecule has 0 aromatic rings. The highest BCUT2D eigenvalue weighted by Crippen LogP contribution is 2.24. The van der Waals surface area contributed by atoms with Crippen molar-refractivity contribution in [2.24, 2.45) is 0 Å². The molecule has 0 spiro atoms. The highest BCUT2D eigenvalue weighted by molar-refractivity contribution is 4.82. The molecule has 0 aromatic heterocycles. The maximum absolute atomic E-state index is 12.0. The Labute approximate surface area is 46.3 Å². The predicted molar refractivity (Wildman–Crippen MR) is 25.0 cm³/mol. The lowest BCUT2D eigenvalue weighted by atomic mass is 10.3. The topological polar surface area (TPSA) is 20.2 Å². The standard InChI is InChI=1S/C5H8F2O/c6-4-1-3(8)2-5(4)7/h3-5,8H,1-2H2. The van der Waals surface area contributed by atoms with Crippen LogP contribution < -0.4 is 0 Å². The quantitative estimate of drug-likeness (QED) is 0.504. The van der Waals surface area contributed by atoms with Gasteiger partial charge in [-0.3, -0.25) is 0 Å². The first-order chi connectivity index (χ1) is 3.70. The highest BCUT2D eigenvalue weighted by Gasteiger charge is 2.32. The Kier molecular flexibility index (Phi) is 1.47. The predicted octanol–water partition coefficient (Wildman–Crippen LogP) is 0.817. The average Bonchev–Trinajstić information content (AvgIpc) is 1.85. The maximum Gasteiger partial charge on any atom is 0.134 e. The number of aliphatic hydroxyl groups is 1. The average molecular weight is 122 g/mol. The minimum absolute atomic E-state index is 0.0266. The molecule has 1 aliphatic carbocycles. The molecule has 1 fully saturated rings. The van der Waals surface area contributed by atoms with E-state index >= 15 is 0 Å². The Hall–Kier alpha value is -0.180. The van der Waals surface area contributed by atoms with Crippen molar-refractivity contribution in [1.82, 2.24) is 0 Å². The molecule has 0 amide bonds. The van der Waals surface area contributed by atoms with Gasteiger partial charge in [-0.2, -0.15) is 0 Å². The Morgan fingerprint density at radius 3 is 1.62 bits per heavy atom. The molecule has 1 rings (SSSR count). The van der Waals surface area contributed by atoms with Gasteiger partial charge in [-0.15, -0.1) is 0 Å². The summed E-state index contributed by atoms with van der Waals surface area (Å²) < 4.78 is 24.1. The van der Waals surface area contributed by atoms with Gasteiger partial charge >= 0.3 is 0 Å². The summed E-state index contributed by atoms with van der Waals surface area (Å²) >= 11 is 0. The summed E-state index contributed by atoms with van der Waals surface area (Å²) in [5, 5.41) is 8.59. The number of hydrogen-bond acceptors (Lipinski definition) is 1. The molecular formula is C5H8F2O. The van der Waals surface area contributed by atoms with Crippen molar-refractivity contribution in [2.45, 2.75) is 31.3 Å². The van der Waals surface area contributed by atoms with E-state index in [9.17, 15) is 8.78 Å². The fourth-order valence-corrected chi connectivity index (χ4v) is 0.911. The summed E-state index contributed by atoms with van der Waals surface area (Å²) in [7, 11) is 0. The third-order valence-electron chi connectivity index (χ3n) is 1.39. The summed E-state index contributed by atoms with van der Waals surface area (Å²) in [6.07, 6.45) is -3.66. The summed E-state index contributed by atoms with van der Waals surface area (Å²) in [5.74, 6) is 0. The van der Waals surface area contributed by atoms with Crippen LogP contribution in [0.15, 0.2) is 0 Å². The first kappa shape index (κ1) is 5.95. The van der Waals surface area contributed by atoms with Crippen LogP contribution in [0.3, 0.4) is 0 Å². The number of hydrogen-bond donors (Lipinski definition) is 1. The van der Waals surface area contributed by atoms with Gasteiger partial charge in [0.25, 0.3) is 0 Å². The summed E-state index contributed by atoms with van der Waals surface area (Å²) in [6.45, 7) is 0. The van der Waals surface area contributed by atoms with E-state index in [2.05, 4.69) is 0 Å². The molecule has 8 heavy (non-hydrogen) atoms. The van der Waals surface area contributed by atoms with E-state index in [-0.39, 0.29) is 12.8 Å². The second kappa shape index (κ2) is 1.97. The maximum atomic E-state index is 12.0. The molecule has 1 saturated carbocycles. The van der Waals surface area contributed by atoms with Gasteiger partial charge in [-0.25, -0.2) is 8.78 Å². The minimum atomic E-state index is -1.43. The minimum Gasteiger partial charge on any atom is -0.393 e. The van der Waals surface area contributed by atoms with Crippen molar-refractivity contribution in [3.05, 3.63) is 0 Å². The first-order valence-electron chi connectivity index (χ1n) is 2.66. The molecule has 3 heteroatoms. The molecular weight excluding hydrogens is 114 g/mol. The van der Waals surface area contributed by atoms with E-state index in [1.54, 1.807) is 0 Å². The number of halogens is 2. The van der Waals surface area contributed by atoms with Crippen molar-refractivity contribution in [1.29, 1.82) is 0 Å². The lowest BCUT2D eigenvalue weighted by Crippen LogP contribution is -2.06.